The standard InChI is InChI=1S/C24H28FN3O2/c1-28-21-16-18(25)8-11-20(21)27-22(28)12-15-26-23(29)24(13-4-3-5-14-24)17-6-9-19(30-2)10-7-17/h6-11,16H,3-5,12-15H2,1-2H3,(H,26,29). The molecule has 5 nitrogen and oxygen atoms in total. The molecule has 4 rings (SSSR count). The van der Waals surface area contributed by atoms with Gasteiger partial charge in [-0.05, 0) is 48.7 Å². The van der Waals surface area contributed by atoms with Gasteiger partial charge in [0.1, 0.15) is 17.4 Å². The molecule has 1 saturated carbocycles. The number of carbonyl (C=O) groups excluding carboxylic acids is 1. The predicted molar refractivity (Wildman–Crippen MR) is 115 cm³/mol. The fraction of sp³-hybridized carbons (Fsp3) is 0.417. The third kappa shape index (κ3) is 3.78. The molecule has 2 aromatic carbocycles. The number of hydrogen-bond donors (Lipinski definition) is 1. The first kappa shape index (κ1) is 20.4. The third-order valence-electron chi connectivity index (χ3n) is 6.35. The van der Waals surface area contributed by atoms with Crippen LogP contribution in [0.1, 0.15) is 43.5 Å². The lowest BCUT2D eigenvalue weighted by Gasteiger charge is -2.36. The zero-order valence-electron chi connectivity index (χ0n) is 17.6. The first-order valence-corrected chi connectivity index (χ1v) is 10.6. The molecule has 1 aromatic heterocycles. The quantitative estimate of drug-likeness (QED) is 0.661. The van der Waals surface area contributed by atoms with Gasteiger partial charge in [0.2, 0.25) is 5.91 Å². The van der Waals surface area contributed by atoms with Crippen LogP contribution in [0, 0.1) is 5.82 Å². The summed E-state index contributed by atoms with van der Waals surface area (Å²) in [6.45, 7) is 0.496. The van der Waals surface area contributed by atoms with Gasteiger partial charge in [0, 0.05) is 20.0 Å². The normalized spacial score (nSPS) is 15.8. The summed E-state index contributed by atoms with van der Waals surface area (Å²) in [6.07, 6.45) is 5.58. The van der Waals surface area contributed by atoms with Crippen LogP contribution in [-0.2, 0) is 23.7 Å². The van der Waals surface area contributed by atoms with Crippen molar-refractivity contribution in [1.29, 1.82) is 0 Å². The van der Waals surface area contributed by atoms with Gasteiger partial charge >= 0.3 is 0 Å². The molecule has 158 valence electrons. The first-order chi connectivity index (χ1) is 14.5. The Morgan fingerprint density at radius 1 is 1.17 bits per heavy atom. The van der Waals surface area contributed by atoms with Gasteiger partial charge in [-0.1, -0.05) is 31.4 Å². The molecular weight excluding hydrogens is 381 g/mol. The van der Waals surface area contributed by atoms with Crippen molar-refractivity contribution < 1.29 is 13.9 Å². The molecule has 0 radical (unpaired) electrons. The number of aromatic nitrogens is 2. The SMILES string of the molecule is COc1ccc(C2(C(=O)NCCc3nc4ccc(F)cc4n3C)CCCCC2)cc1. The fourth-order valence-electron chi connectivity index (χ4n) is 4.61. The lowest BCUT2D eigenvalue weighted by atomic mass is 9.68. The van der Waals surface area contributed by atoms with Crippen LogP contribution in [0.5, 0.6) is 5.75 Å². The van der Waals surface area contributed by atoms with Gasteiger partial charge in [-0.15, -0.1) is 0 Å². The Balaban J connectivity index is 1.48. The number of halogens is 1. The van der Waals surface area contributed by atoms with Crippen molar-refractivity contribution in [2.45, 2.75) is 43.9 Å². The van der Waals surface area contributed by atoms with Crippen molar-refractivity contribution in [3.05, 3.63) is 59.7 Å². The number of aryl methyl sites for hydroxylation is 1. The van der Waals surface area contributed by atoms with Crippen molar-refractivity contribution in [3.63, 3.8) is 0 Å². The van der Waals surface area contributed by atoms with Crippen molar-refractivity contribution in [3.8, 4) is 5.75 Å². The summed E-state index contributed by atoms with van der Waals surface area (Å²) < 4.78 is 20.7. The molecule has 3 aromatic rings. The Morgan fingerprint density at radius 2 is 1.90 bits per heavy atom. The maximum absolute atomic E-state index is 13.5. The Kier molecular flexibility index (Phi) is 5.75. The number of fused-ring (bicyclic) bond motifs is 1. The summed E-state index contributed by atoms with van der Waals surface area (Å²) in [5.41, 5.74) is 2.10. The van der Waals surface area contributed by atoms with E-state index in [0.717, 1.165) is 53.9 Å². The number of ether oxygens (including phenoxy) is 1. The van der Waals surface area contributed by atoms with Crippen LogP contribution in [-0.4, -0.2) is 29.1 Å². The average Bonchev–Trinajstić information content (AvgIpc) is 3.09. The number of rotatable bonds is 6. The molecule has 6 heteroatoms. The minimum atomic E-state index is -0.486. The maximum atomic E-state index is 13.5. The monoisotopic (exact) mass is 409 g/mol. The van der Waals surface area contributed by atoms with E-state index >= 15 is 0 Å². The molecule has 0 atom stereocenters. The highest BCUT2D eigenvalue weighted by molar-refractivity contribution is 5.88. The van der Waals surface area contributed by atoms with Crippen LogP contribution >= 0.6 is 0 Å². The molecule has 1 aliphatic rings. The third-order valence-corrected chi connectivity index (χ3v) is 6.35. The summed E-state index contributed by atoms with van der Waals surface area (Å²) in [4.78, 5) is 17.9. The molecule has 1 N–H and O–H groups in total. The van der Waals surface area contributed by atoms with Crippen LogP contribution in [0.15, 0.2) is 42.5 Å². The summed E-state index contributed by atoms with van der Waals surface area (Å²) in [5, 5.41) is 3.15. The van der Waals surface area contributed by atoms with Gasteiger partial charge in [-0.2, -0.15) is 0 Å². The smallest absolute Gasteiger partial charge is 0.230 e. The molecule has 1 fully saturated rings. The number of amides is 1. The second-order valence-electron chi connectivity index (χ2n) is 8.10. The van der Waals surface area contributed by atoms with Gasteiger partial charge in [-0.25, -0.2) is 9.37 Å². The zero-order valence-corrected chi connectivity index (χ0v) is 17.6. The largest absolute Gasteiger partial charge is 0.497 e. The predicted octanol–water partition coefficient (Wildman–Crippen LogP) is 4.28. The second-order valence-corrected chi connectivity index (χ2v) is 8.10. The zero-order chi connectivity index (χ0) is 21.1. The van der Waals surface area contributed by atoms with Crippen molar-refractivity contribution in [2.24, 2.45) is 7.05 Å². The van der Waals surface area contributed by atoms with Gasteiger partial charge in [0.05, 0.1) is 23.6 Å². The van der Waals surface area contributed by atoms with E-state index in [4.69, 9.17) is 4.74 Å². The van der Waals surface area contributed by atoms with E-state index in [1.54, 1.807) is 13.2 Å². The maximum Gasteiger partial charge on any atom is 0.230 e. The Labute approximate surface area is 176 Å². The molecule has 0 aliphatic heterocycles. The van der Waals surface area contributed by atoms with Crippen molar-refractivity contribution >= 4 is 16.9 Å². The first-order valence-electron chi connectivity index (χ1n) is 10.6. The van der Waals surface area contributed by atoms with E-state index < -0.39 is 5.41 Å². The number of methoxy groups -OCH3 is 1. The Morgan fingerprint density at radius 3 is 2.60 bits per heavy atom. The molecule has 0 unspecified atom stereocenters. The molecule has 0 spiro atoms. The summed E-state index contributed by atoms with van der Waals surface area (Å²) >= 11 is 0. The second kappa shape index (κ2) is 8.46. The summed E-state index contributed by atoms with van der Waals surface area (Å²) in [5.74, 6) is 1.43. The highest BCUT2D eigenvalue weighted by Crippen LogP contribution is 2.40. The average molecular weight is 410 g/mol. The van der Waals surface area contributed by atoms with E-state index in [0.29, 0.717) is 13.0 Å². The molecule has 1 aliphatic carbocycles. The van der Waals surface area contributed by atoms with E-state index in [9.17, 15) is 9.18 Å². The highest BCUT2D eigenvalue weighted by atomic mass is 19.1. The summed E-state index contributed by atoms with van der Waals surface area (Å²) in [6, 6.07) is 12.5. The Bertz CT molecular complexity index is 1040. The molecule has 1 amide bonds. The number of hydrogen-bond acceptors (Lipinski definition) is 3. The molecule has 0 bridgehead atoms. The molecular formula is C24H28FN3O2. The highest BCUT2D eigenvalue weighted by Gasteiger charge is 2.40. The minimum absolute atomic E-state index is 0.0807. The lowest BCUT2D eigenvalue weighted by molar-refractivity contribution is -0.128. The van der Waals surface area contributed by atoms with Crippen LogP contribution in [0.3, 0.4) is 0 Å². The summed E-state index contributed by atoms with van der Waals surface area (Å²) in [7, 11) is 3.53. The van der Waals surface area contributed by atoms with E-state index in [-0.39, 0.29) is 11.7 Å². The Hall–Kier alpha value is -2.89. The topological polar surface area (TPSA) is 56.1 Å². The minimum Gasteiger partial charge on any atom is -0.497 e. The van der Waals surface area contributed by atoms with Crippen molar-refractivity contribution in [1.82, 2.24) is 14.9 Å². The van der Waals surface area contributed by atoms with Crippen LogP contribution in [0.4, 0.5) is 4.39 Å². The van der Waals surface area contributed by atoms with Gasteiger partial charge in [-0.3, -0.25) is 4.79 Å². The van der Waals surface area contributed by atoms with Crippen molar-refractivity contribution in [2.75, 3.05) is 13.7 Å². The number of carbonyl (C=O) groups is 1. The van der Waals surface area contributed by atoms with Crippen LogP contribution in [0.2, 0.25) is 0 Å². The number of imidazole rings is 1. The fourth-order valence-corrected chi connectivity index (χ4v) is 4.61. The molecule has 1 heterocycles. The van der Waals surface area contributed by atoms with Gasteiger partial charge < -0.3 is 14.6 Å². The van der Waals surface area contributed by atoms with E-state index in [1.165, 1.54) is 18.6 Å². The van der Waals surface area contributed by atoms with Gasteiger partial charge in [0.15, 0.2) is 0 Å². The number of nitrogens with one attached hydrogen (secondary N) is 1. The molecule has 0 saturated heterocycles. The van der Waals surface area contributed by atoms with Crippen LogP contribution in [0.25, 0.3) is 11.0 Å². The van der Waals surface area contributed by atoms with E-state index in [1.807, 2.05) is 35.9 Å². The van der Waals surface area contributed by atoms with Crippen LogP contribution < -0.4 is 10.1 Å². The van der Waals surface area contributed by atoms with E-state index in [2.05, 4.69) is 10.3 Å². The number of nitrogens with zero attached hydrogens (tertiary/aromatic N) is 2. The molecule has 30 heavy (non-hydrogen) atoms. The number of benzene rings is 2. The lowest BCUT2D eigenvalue weighted by Crippen LogP contribution is -2.46. The van der Waals surface area contributed by atoms with Gasteiger partial charge in [0.25, 0.3) is 0 Å².